The first-order valence-electron chi connectivity index (χ1n) is 21.2. The second-order valence-corrected chi connectivity index (χ2v) is 16.2. The molecule has 12 rings (SSSR count). The molecule has 0 N–H and O–H groups in total. The van der Waals surface area contributed by atoms with Crippen LogP contribution < -0.4 is 0 Å². The lowest BCUT2D eigenvalue weighted by molar-refractivity contribution is 1.16. The summed E-state index contributed by atoms with van der Waals surface area (Å²) >= 11 is 0. The van der Waals surface area contributed by atoms with E-state index in [9.17, 15) is 21.0 Å². The number of hydrogen-bond donors (Lipinski definition) is 0. The van der Waals surface area contributed by atoms with Crippen LogP contribution in [-0.2, 0) is 0 Å². The molecule has 9 aromatic carbocycles. The molecule has 0 aliphatic rings. The highest BCUT2D eigenvalue weighted by Gasteiger charge is 2.29. The molecular weight excluding hydrogens is 795 g/mol. The Balaban J connectivity index is 1.28. The van der Waals surface area contributed by atoms with Crippen LogP contribution in [0, 0.1) is 45.3 Å². The summed E-state index contributed by atoms with van der Waals surface area (Å²) in [5.41, 5.74) is 13.8. The van der Waals surface area contributed by atoms with E-state index in [4.69, 9.17) is 0 Å². The second-order valence-electron chi connectivity index (χ2n) is 16.2. The molecule has 0 saturated carbocycles. The highest BCUT2D eigenvalue weighted by molar-refractivity contribution is 6.40. The Morgan fingerprint density at radius 2 is 0.769 bits per heavy atom. The molecule has 0 bridgehead atoms. The van der Waals surface area contributed by atoms with Crippen LogP contribution in [0.2, 0.25) is 0 Å². The molecule has 7 heteroatoms. The van der Waals surface area contributed by atoms with E-state index < -0.39 is 0 Å². The van der Waals surface area contributed by atoms with Gasteiger partial charge < -0.3 is 13.7 Å². The molecule has 7 nitrogen and oxygen atoms in total. The number of rotatable bonds is 5. The maximum atomic E-state index is 11.2. The van der Waals surface area contributed by atoms with Crippen LogP contribution in [-0.4, -0.2) is 13.7 Å². The van der Waals surface area contributed by atoms with Gasteiger partial charge in [-0.25, -0.2) is 0 Å². The van der Waals surface area contributed by atoms with Gasteiger partial charge in [0.05, 0.1) is 79.2 Å². The lowest BCUT2D eigenvalue weighted by Crippen LogP contribution is -2.00. The highest BCUT2D eigenvalue weighted by Crippen LogP contribution is 2.50. The van der Waals surface area contributed by atoms with Crippen molar-refractivity contribution in [3.63, 3.8) is 0 Å². The third-order valence-corrected chi connectivity index (χ3v) is 12.7. The van der Waals surface area contributed by atoms with Gasteiger partial charge in [0.25, 0.3) is 0 Å². The summed E-state index contributed by atoms with van der Waals surface area (Å²) in [4.78, 5) is 0. The third-order valence-electron chi connectivity index (χ3n) is 12.7. The van der Waals surface area contributed by atoms with Gasteiger partial charge in [-0.15, -0.1) is 0 Å². The Labute approximate surface area is 372 Å². The van der Waals surface area contributed by atoms with E-state index in [1.54, 1.807) is 0 Å². The van der Waals surface area contributed by atoms with Gasteiger partial charge in [0.15, 0.2) is 0 Å². The van der Waals surface area contributed by atoms with Crippen molar-refractivity contribution in [1.82, 2.24) is 13.7 Å². The molecule has 0 radical (unpaired) electrons. The Kier molecular flexibility index (Phi) is 8.27. The van der Waals surface area contributed by atoms with Crippen LogP contribution in [0.25, 0.3) is 105 Å². The van der Waals surface area contributed by atoms with Crippen LogP contribution >= 0.6 is 0 Å². The van der Waals surface area contributed by atoms with Crippen molar-refractivity contribution >= 4 is 65.4 Å². The molecule has 0 fully saturated rings. The molecular formula is C58H31N7. The molecule has 0 unspecified atom stereocenters. The molecule has 0 amide bonds. The summed E-state index contributed by atoms with van der Waals surface area (Å²) < 4.78 is 6.79. The van der Waals surface area contributed by atoms with E-state index in [0.29, 0.717) is 27.9 Å². The van der Waals surface area contributed by atoms with Crippen molar-refractivity contribution in [3.8, 4) is 63.6 Å². The SMILES string of the molecule is N#Cc1cc(-c2ccccc2)cc(-c2ccc(-n3c4ccccc4c4c5c(c6ccccc6n5-c5cccc(C#N)c5)c5c(c6ccccc6n5-c5cccc(C#N)c5)c43)c(C#N)c2)c1. The predicted molar refractivity (Wildman–Crippen MR) is 259 cm³/mol. The zero-order valence-corrected chi connectivity index (χ0v) is 34.5. The Morgan fingerprint density at radius 1 is 0.308 bits per heavy atom. The van der Waals surface area contributed by atoms with Crippen molar-refractivity contribution in [2.75, 3.05) is 0 Å². The third kappa shape index (κ3) is 5.51. The minimum Gasteiger partial charge on any atom is -0.308 e. The van der Waals surface area contributed by atoms with E-state index in [1.165, 1.54) is 0 Å². The molecule has 0 aliphatic carbocycles. The summed E-state index contributed by atoms with van der Waals surface area (Å²) in [7, 11) is 0. The minimum absolute atomic E-state index is 0.467. The lowest BCUT2D eigenvalue weighted by atomic mass is 9.95. The Hall–Kier alpha value is -9.66. The number of fused-ring (bicyclic) bond motifs is 12. The topological polar surface area (TPSA) is 110 Å². The number of hydrogen-bond acceptors (Lipinski definition) is 4. The zero-order valence-electron chi connectivity index (χ0n) is 34.5. The average molecular weight is 826 g/mol. The maximum Gasteiger partial charge on any atom is 0.101 e. The van der Waals surface area contributed by atoms with Gasteiger partial charge in [-0.05, 0) is 107 Å². The van der Waals surface area contributed by atoms with Crippen LogP contribution in [0.1, 0.15) is 22.3 Å². The molecule has 12 aromatic rings. The Morgan fingerprint density at radius 3 is 1.28 bits per heavy atom. The summed E-state index contributed by atoms with van der Waals surface area (Å²) in [5.74, 6) is 0. The van der Waals surface area contributed by atoms with Crippen LogP contribution in [0.15, 0.2) is 188 Å². The lowest BCUT2D eigenvalue weighted by Gasteiger charge is -2.15. The van der Waals surface area contributed by atoms with Gasteiger partial charge >= 0.3 is 0 Å². The first kappa shape index (κ1) is 37.1. The first-order chi connectivity index (χ1) is 32.1. The second kappa shape index (κ2) is 14.5. The van der Waals surface area contributed by atoms with Crippen molar-refractivity contribution in [3.05, 3.63) is 210 Å². The summed E-state index contributed by atoms with van der Waals surface area (Å²) in [6, 6.07) is 72.1. The van der Waals surface area contributed by atoms with E-state index >= 15 is 0 Å². The fourth-order valence-corrected chi connectivity index (χ4v) is 10.0. The largest absolute Gasteiger partial charge is 0.308 e. The molecule has 0 spiro atoms. The Bertz CT molecular complexity index is 4080. The number of nitriles is 4. The summed E-state index contributed by atoms with van der Waals surface area (Å²) in [5, 5.41) is 47.7. The predicted octanol–water partition coefficient (Wildman–Crippen LogP) is 13.8. The smallest absolute Gasteiger partial charge is 0.101 e. The van der Waals surface area contributed by atoms with Crippen LogP contribution in [0.4, 0.5) is 0 Å². The average Bonchev–Trinajstić information content (AvgIpc) is 4.02. The summed E-state index contributed by atoms with van der Waals surface area (Å²) in [6.07, 6.45) is 0. The molecule has 3 heterocycles. The monoisotopic (exact) mass is 825 g/mol. The van der Waals surface area contributed by atoms with Gasteiger partial charge in [0.1, 0.15) is 6.07 Å². The van der Waals surface area contributed by atoms with Crippen molar-refractivity contribution in [1.29, 1.82) is 21.0 Å². The van der Waals surface area contributed by atoms with Crippen LogP contribution in [0.5, 0.6) is 0 Å². The van der Waals surface area contributed by atoms with Crippen LogP contribution in [0.3, 0.4) is 0 Å². The van der Waals surface area contributed by atoms with Gasteiger partial charge in [0, 0.05) is 43.7 Å². The molecule has 0 atom stereocenters. The summed E-state index contributed by atoms with van der Waals surface area (Å²) in [6.45, 7) is 0. The fraction of sp³-hybridized carbons (Fsp3) is 0. The standard InChI is InChI=1S/C58H31N7/c59-32-36-12-10-16-44(28-36)63-50-21-7-4-18-46(50)53-56-54(47-19-5-8-22-51(47)64(56)45-17-11-13-37(29-45)33-60)58-55(57(53)63)48-20-6-9-23-52(48)65(58)49-25-24-40(30-43(49)35-62)42-27-38(34-61)26-41(31-42)39-14-2-1-3-15-39/h1-31H. The normalized spacial score (nSPS) is 11.3. The zero-order chi connectivity index (χ0) is 43.8. The number of para-hydroxylation sites is 3. The van der Waals surface area contributed by atoms with E-state index in [1.807, 2.05) is 127 Å². The molecule has 3 aromatic heterocycles. The number of nitrogens with zero attached hydrogens (tertiary/aromatic N) is 7. The van der Waals surface area contributed by atoms with E-state index in [2.05, 4.69) is 98.6 Å². The molecule has 298 valence electrons. The quantitative estimate of drug-likeness (QED) is 0.172. The van der Waals surface area contributed by atoms with Crippen molar-refractivity contribution in [2.24, 2.45) is 0 Å². The minimum atomic E-state index is 0.467. The fourth-order valence-electron chi connectivity index (χ4n) is 10.0. The number of aromatic nitrogens is 3. The molecule has 0 aliphatic heterocycles. The van der Waals surface area contributed by atoms with Gasteiger partial charge in [-0.1, -0.05) is 103 Å². The molecule has 0 saturated heterocycles. The van der Waals surface area contributed by atoms with Gasteiger partial charge in [-0.2, -0.15) is 21.0 Å². The van der Waals surface area contributed by atoms with E-state index in [-0.39, 0.29) is 0 Å². The van der Waals surface area contributed by atoms with E-state index in [0.717, 1.165) is 99.0 Å². The van der Waals surface area contributed by atoms with Crippen molar-refractivity contribution < 1.29 is 0 Å². The number of benzene rings is 9. The molecule has 65 heavy (non-hydrogen) atoms. The first-order valence-corrected chi connectivity index (χ1v) is 21.2. The highest BCUT2D eigenvalue weighted by atomic mass is 15.0. The van der Waals surface area contributed by atoms with Gasteiger partial charge in [0.2, 0.25) is 0 Å². The van der Waals surface area contributed by atoms with Gasteiger partial charge in [-0.3, -0.25) is 0 Å². The maximum absolute atomic E-state index is 11.2. The van der Waals surface area contributed by atoms with Crippen molar-refractivity contribution in [2.45, 2.75) is 0 Å².